The quantitative estimate of drug-likeness (QED) is 0.433. The van der Waals surface area contributed by atoms with Gasteiger partial charge in [-0.15, -0.1) is 11.3 Å². The Morgan fingerprint density at radius 2 is 1.82 bits per heavy atom. The van der Waals surface area contributed by atoms with Gasteiger partial charge >= 0.3 is 5.97 Å². The van der Waals surface area contributed by atoms with Crippen molar-refractivity contribution in [3.63, 3.8) is 0 Å². The number of hydrogen-bond acceptors (Lipinski definition) is 8. The predicted molar refractivity (Wildman–Crippen MR) is 106 cm³/mol. The number of benzene rings is 2. The maximum absolute atomic E-state index is 11.8. The summed E-state index contributed by atoms with van der Waals surface area (Å²) in [4.78, 5) is 26.8. The van der Waals surface area contributed by atoms with E-state index in [1.54, 1.807) is 31.4 Å². The summed E-state index contributed by atoms with van der Waals surface area (Å²) in [6.45, 7) is -0.158. The zero-order chi connectivity index (χ0) is 19.8. The van der Waals surface area contributed by atoms with Gasteiger partial charge in [-0.2, -0.15) is 0 Å². The Balaban J connectivity index is 1.43. The van der Waals surface area contributed by atoms with Crippen molar-refractivity contribution in [2.45, 2.75) is 6.61 Å². The molecule has 0 amide bonds. The van der Waals surface area contributed by atoms with Crippen molar-refractivity contribution < 1.29 is 23.8 Å². The van der Waals surface area contributed by atoms with Crippen LogP contribution in [-0.2, 0) is 16.1 Å². The first-order chi connectivity index (χ1) is 13.7. The summed E-state index contributed by atoms with van der Waals surface area (Å²) in [5, 5.41) is 5.70. The number of aldehydes is 1. The fourth-order valence-corrected chi connectivity index (χ4v) is 2.92. The molecule has 8 heteroatoms. The smallest absolute Gasteiger partial charge is 0.344 e. The van der Waals surface area contributed by atoms with Crippen LogP contribution in [0.15, 0.2) is 53.9 Å². The number of aromatic nitrogens is 1. The first kappa shape index (κ1) is 19.4. The summed E-state index contributed by atoms with van der Waals surface area (Å²) in [5.41, 5.74) is 2.06. The van der Waals surface area contributed by atoms with Gasteiger partial charge in [0.15, 0.2) is 11.7 Å². The summed E-state index contributed by atoms with van der Waals surface area (Å²) in [7, 11) is 1.62. The molecule has 0 fully saturated rings. The van der Waals surface area contributed by atoms with Gasteiger partial charge in [0.25, 0.3) is 0 Å². The zero-order valence-corrected chi connectivity index (χ0v) is 15.9. The van der Waals surface area contributed by atoms with Crippen molar-refractivity contribution in [2.75, 3.05) is 19.0 Å². The topological polar surface area (TPSA) is 86.8 Å². The van der Waals surface area contributed by atoms with Gasteiger partial charge in [-0.3, -0.25) is 4.79 Å². The maximum atomic E-state index is 11.8. The van der Waals surface area contributed by atoms with Crippen molar-refractivity contribution in [3.8, 4) is 11.5 Å². The summed E-state index contributed by atoms with van der Waals surface area (Å²) < 4.78 is 15.6. The number of carbonyl (C=O) groups excluding carboxylic acids is 2. The highest BCUT2D eigenvalue weighted by atomic mass is 32.1. The van der Waals surface area contributed by atoms with Gasteiger partial charge in [-0.25, -0.2) is 9.78 Å². The molecular formula is C20H18N2O5S. The molecule has 1 aromatic heterocycles. The van der Waals surface area contributed by atoms with E-state index in [9.17, 15) is 9.59 Å². The second-order valence-corrected chi connectivity index (χ2v) is 6.49. The second-order valence-electron chi connectivity index (χ2n) is 5.63. The van der Waals surface area contributed by atoms with Crippen LogP contribution in [0.3, 0.4) is 0 Å². The molecule has 0 bridgehead atoms. The van der Waals surface area contributed by atoms with Crippen LogP contribution in [-0.4, -0.2) is 31.0 Å². The molecule has 3 rings (SSSR count). The Morgan fingerprint density at radius 1 is 1.11 bits per heavy atom. The highest BCUT2D eigenvalue weighted by Gasteiger charge is 2.08. The van der Waals surface area contributed by atoms with Crippen LogP contribution in [0.5, 0.6) is 11.5 Å². The molecule has 0 aliphatic rings. The fourth-order valence-electron chi connectivity index (χ4n) is 2.21. The molecule has 28 heavy (non-hydrogen) atoms. The van der Waals surface area contributed by atoms with Gasteiger partial charge in [0.05, 0.1) is 12.8 Å². The molecule has 0 unspecified atom stereocenters. The number of hydrogen-bond donors (Lipinski definition) is 1. The lowest BCUT2D eigenvalue weighted by Crippen LogP contribution is -2.14. The maximum Gasteiger partial charge on any atom is 0.344 e. The van der Waals surface area contributed by atoms with E-state index in [1.165, 1.54) is 11.3 Å². The molecule has 0 saturated heterocycles. The molecule has 7 nitrogen and oxygen atoms in total. The van der Waals surface area contributed by atoms with Crippen molar-refractivity contribution in [2.24, 2.45) is 0 Å². The van der Waals surface area contributed by atoms with E-state index >= 15 is 0 Å². The van der Waals surface area contributed by atoms with Crippen molar-refractivity contribution in [1.82, 2.24) is 4.98 Å². The van der Waals surface area contributed by atoms with E-state index < -0.39 is 5.97 Å². The first-order valence-corrected chi connectivity index (χ1v) is 9.23. The van der Waals surface area contributed by atoms with Crippen LogP contribution in [0.1, 0.15) is 16.1 Å². The zero-order valence-electron chi connectivity index (χ0n) is 15.1. The van der Waals surface area contributed by atoms with Crippen molar-refractivity contribution in [3.05, 3.63) is 65.2 Å². The molecule has 0 atom stereocenters. The van der Waals surface area contributed by atoms with Gasteiger partial charge < -0.3 is 19.5 Å². The molecule has 3 aromatic rings. The normalized spacial score (nSPS) is 10.2. The third-order valence-corrected chi connectivity index (χ3v) is 4.45. The number of esters is 1. The standard InChI is InChI=1S/C20H18N2O5S/c1-25-17-8-4-15(5-9-17)21-20-22-16(13-28-20)11-27-19(24)12-26-18-6-2-14(10-23)3-7-18/h2-10,13H,11-12H2,1H3,(H,21,22). The first-order valence-electron chi connectivity index (χ1n) is 8.35. The monoisotopic (exact) mass is 398 g/mol. The molecule has 0 spiro atoms. The van der Waals surface area contributed by atoms with Crippen LogP contribution < -0.4 is 14.8 Å². The van der Waals surface area contributed by atoms with Crippen LogP contribution in [0.2, 0.25) is 0 Å². The van der Waals surface area contributed by atoms with E-state index in [2.05, 4.69) is 10.3 Å². The number of ether oxygens (including phenoxy) is 3. The summed E-state index contributed by atoms with van der Waals surface area (Å²) in [6, 6.07) is 13.9. The number of thiazole rings is 1. The highest BCUT2D eigenvalue weighted by molar-refractivity contribution is 7.13. The Kier molecular flexibility index (Phi) is 6.59. The molecule has 1 heterocycles. The summed E-state index contributed by atoms with van der Waals surface area (Å²) >= 11 is 1.42. The van der Waals surface area contributed by atoms with Crippen LogP contribution in [0.25, 0.3) is 0 Å². The molecule has 1 N–H and O–H groups in total. The number of methoxy groups -OCH3 is 1. The lowest BCUT2D eigenvalue weighted by Gasteiger charge is -2.06. The minimum atomic E-state index is -0.503. The van der Waals surface area contributed by atoms with Gasteiger partial charge in [0.2, 0.25) is 0 Å². The van der Waals surface area contributed by atoms with E-state index in [4.69, 9.17) is 14.2 Å². The molecule has 2 aromatic carbocycles. The average molecular weight is 398 g/mol. The molecule has 144 valence electrons. The van der Waals surface area contributed by atoms with Crippen molar-refractivity contribution in [1.29, 1.82) is 0 Å². The molecule has 0 aliphatic heterocycles. The lowest BCUT2D eigenvalue weighted by atomic mass is 10.2. The Labute approximate surface area is 165 Å². The molecule has 0 radical (unpaired) electrons. The Morgan fingerprint density at radius 3 is 2.50 bits per heavy atom. The largest absolute Gasteiger partial charge is 0.497 e. The van der Waals surface area contributed by atoms with Crippen LogP contribution in [0.4, 0.5) is 10.8 Å². The van der Waals surface area contributed by atoms with E-state index in [0.717, 1.165) is 17.7 Å². The third kappa shape index (κ3) is 5.55. The van der Waals surface area contributed by atoms with Crippen LogP contribution >= 0.6 is 11.3 Å². The number of anilines is 2. The summed E-state index contributed by atoms with van der Waals surface area (Å²) in [5.74, 6) is 0.763. The Bertz CT molecular complexity index is 923. The average Bonchev–Trinajstić information content (AvgIpc) is 3.19. The summed E-state index contributed by atoms with van der Waals surface area (Å²) in [6.07, 6.45) is 0.740. The number of nitrogens with one attached hydrogen (secondary N) is 1. The highest BCUT2D eigenvalue weighted by Crippen LogP contribution is 2.23. The van der Waals surface area contributed by atoms with E-state index in [-0.39, 0.29) is 13.2 Å². The third-order valence-electron chi connectivity index (χ3n) is 3.65. The molecular weight excluding hydrogens is 380 g/mol. The van der Waals surface area contributed by atoms with Crippen molar-refractivity contribution >= 4 is 34.4 Å². The predicted octanol–water partition coefficient (Wildman–Crippen LogP) is 3.83. The SMILES string of the molecule is COc1ccc(Nc2nc(COC(=O)COc3ccc(C=O)cc3)cs2)cc1. The van der Waals surface area contributed by atoms with E-state index in [1.807, 2.05) is 29.6 Å². The van der Waals surface area contributed by atoms with Gasteiger partial charge in [-0.05, 0) is 48.5 Å². The van der Waals surface area contributed by atoms with Crippen LogP contribution in [0, 0.1) is 0 Å². The molecule has 0 saturated carbocycles. The number of nitrogens with zero attached hydrogens (tertiary/aromatic N) is 1. The Hall–Kier alpha value is -3.39. The molecule has 0 aliphatic carbocycles. The number of carbonyl (C=O) groups is 2. The number of rotatable bonds is 9. The van der Waals surface area contributed by atoms with Gasteiger partial charge in [0.1, 0.15) is 24.4 Å². The van der Waals surface area contributed by atoms with Gasteiger partial charge in [-0.1, -0.05) is 0 Å². The minimum Gasteiger partial charge on any atom is -0.497 e. The second kappa shape index (κ2) is 9.52. The van der Waals surface area contributed by atoms with Gasteiger partial charge in [0, 0.05) is 16.6 Å². The fraction of sp³-hybridized carbons (Fsp3) is 0.150. The van der Waals surface area contributed by atoms with E-state index in [0.29, 0.717) is 22.1 Å². The lowest BCUT2D eigenvalue weighted by molar-refractivity contribution is -0.147. The minimum absolute atomic E-state index is 0.0626.